The first-order valence-electron chi connectivity index (χ1n) is 7.09. The number of nitro benzene ring substituents is 1. The molecule has 1 aromatic rings. The molecule has 2 fully saturated rings. The van der Waals surface area contributed by atoms with Crippen molar-refractivity contribution >= 4 is 23.3 Å². The van der Waals surface area contributed by atoms with Crippen LogP contribution in [0.15, 0.2) is 36.4 Å². The van der Waals surface area contributed by atoms with Crippen LogP contribution in [-0.4, -0.2) is 40.2 Å². The maximum Gasteiger partial charge on any atom is 0.310 e. The first-order chi connectivity index (χ1) is 10.9. The van der Waals surface area contributed by atoms with Gasteiger partial charge in [-0.1, -0.05) is 12.2 Å². The molecule has 4 atom stereocenters. The second kappa shape index (κ2) is 4.39. The van der Waals surface area contributed by atoms with Crippen LogP contribution in [0.3, 0.4) is 0 Å². The Morgan fingerprint density at radius 2 is 2.09 bits per heavy atom. The number of nitrogens with zero attached hydrogens (tertiary/aromatic N) is 2. The maximum atomic E-state index is 12.7. The van der Waals surface area contributed by atoms with E-state index in [-0.39, 0.29) is 18.1 Å². The number of carboxylic acids is 1. The van der Waals surface area contributed by atoms with Gasteiger partial charge in [0.25, 0.3) is 5.69 Å². The number of carboxylic acid groups (broad SMARTS) is 1. The molecule has 0 unspecified atom stereocenters. The Bertz CT molecular complexity index is 758. The molecule has 1 aromatic carbocycles. The number of nitro groups is 1. The lowest BCUT2D eigenvalue weighted by molar-refractivity contribution is -0.384. The van der Waals surface area contributed by atoms with Gasteiger partial charge in [-0.2, -0.15) is 0 Å². The molecule has 0 radical (unpaired) electrons. The van der Waals surface area contributed by atoms with Crippen molar-refractivity contribution in [1.82, 2.24) is 0 Å². The Labute approximate surface area is 130 Å². The average molecular weight is 316 g/mol. The third-order valence-corrected chi connectivity index (χ3v) is 4.76. The van der Waals surface area contributed by atoms with Crippen molar-refractivity contribution < 1.29 is 24.4 Å². The summed E-state index contributed by atoms with van der Waals surface area (Å²) in [5.74, 6) is -3.02. The number of benzene rings is 1. The molecular formula is C15H12N2O6. The molecular weight excluding hydrogens is 304 g/mol. The predicted octanol–water partition coefficient (Wildman–Crippen LogP) is 0.966. The first kappa shape index (κ1) is 13.9. The van der Waals surface area contributed by atoms with Crippen LogP contribution in [0.25, 0.3) is 0 Å². The molecule has 23 heavy (non-hydrogen) atoms. The van der Waals surface area contributed by atoms with E-state index < -0.39 is 34.4 Å². The minimum Gasteiger partial charge on any atom is -0.481 e. The van der Waals surface area contributed by atoms with Gasteiger partial charge in [0, 0.05) is 17.8 Å². The Morgan fingerprint density at radius 3 is 2.70 bits per heavy atom. The third kappa shape index (κ3) is 1.75. The van der Waals surface area contributed by atoms with Gasteiger partial charge in [-0.25, -0.2) is 0 Å². The van der Waals surface area contributed by atoms with Crippen LogP contribution in [-0.2, 0) is 14.3 Å². The van der Waals surface area contributed by atoms with E-state index >= 15 is 0 Å². The van der Waals surface area contributed by atoms with E-state index in [1.165, 1.54) is 29.2 Å². The fourth-order valence-electron chi connectivity index (χ4n) is 3.75. The molecule has 8 heteroatoms. The van der Waals surface area contributed by atoms with Crippen LogP contribution in [0.1, 0.15) is 0 Å². The molecule has 3 heterocycles. The summed E-state index contributed by atoms with van der Waals surface area (Å²) in [7, 11) is 0. The minimum atomic E-state index is -1.05. The van der Waals surface area contributed by atoms with E-state index in [0.29, 0.717) is 5.69 Å². The minimum absolute atomic E-state index is 0.0701. The second-order valence-corrected chi connectivity index (χ2v) is 5.94. The van der Waals surface area contributed by atoms with Crippen LogP contribution in [0.5, 0.6) is 0 Å². The highest BCUT2D eigenvalue weighted by Crippen LogP contribution is 2.52. The van der Waals surface area contributed by atoms with Crippen molar-refractivity contribution in [2.45, 2.75) is 11.7 Å². The van der Waals surface area contributed by atoms with Gasteiger partial charge in [-0.05, 0) is 12.1 Å². The molecule has 118 valence electrons. The summed E-state index contributed by atoms with van der Waals surface area (Å²) in [5.41, 5.74) is -0.486. The molecule has 1 spiro atoms. The molecule has 1 amide bonds. The van der Waals surface area contributed by atoms with Gasteiger partial charge in [0.1, 0.15) is 11.5 Å². The van der Waals surface area contributed by atoms with Crippen molar-refractivity contribution in [3.63, 3.8) is 0 Å². The van der Waals surface area contributed by atoms with Gasteiger partial charge in [-0.15, -0.1) is 0 Å². The number of carbonyl (C=O) groups excluding carboxylic acids is 1. The molecule has 4 rings (SSSR count). The summed E-state index contributed by atoms with van der Waals surface area (Å²) in [6.45, 7) is 0.213. The van der Waals surface area contributed by atoms with Gasteiger partial charge < -0.3 is 14.7 Å². The predicted molar refractivity (Wildman–Crippen MR) is 76.8 cm³/mol. The SMILES string of the molecule is O=C(O)[C@H]1[C@H]2C(=O)N(c3ccc([N+](=O)[O-])cc3)C[C@]23C=C[C@H]1O3. The summed E-state index contributed by atoms with van der Waals surface area (Å²) >= 11 is 0. The summed E-state index contributed by atoms with van der Waals surface area (Å²) in [5, 5.41) is 20.1. The highest BCUT2D eigenvalue weighted by atomic mass is 16.6. The third-order valence-electron chi connectivity index (χ3n) is 4.76. The number of hydrogen-bond donors (Lipinski definition) is 1. The number of hydrogen-bond acceptors (Lipinski definition) is 5. The molecule has 3 aliphatic rings. The number of anilines is 1. The lowest BCUT2D eigenvalue weighted by Crippen LogP contribution is -2.39. The highest BCUT2D eigenvalue weighted by Gasteiger charge is 2.67. The fourth-order valence-corrected chi connectivity index (χ4v) is 3.75. The smallest absolute Gasteiger partial charge is 0.310 e. The number of fused-ring (bicyclic) bond motifs is 1. The zero-order valence-corrected chi connectivity index (χ0v) is 11.8. The molecule has 8 nitrogen and oxygen atoms in total. The number of aliphatic carboxylic acids is 1. The van der Waals surface area contributed by atoms with Gasteiger partial charge in [-0.3, -0.25) is 19.7 Å². The van der Waals surface area contributed by atoms with E-state index in [2.05, 4.69) is 0 Å². The number of rotatable bonds is 3. The van der Waals surface area contributed by atoms with E-state index in [9.17, 15) is 24.8 Å². The monoisotopic (exact) mass is 316 g/mol. The van der Waals surface area contributed by atoms with Gasteiger partial charge in [0.05, 0.1) is 23.5 Å². The Balaban J connectivity index is 1.69. The lowest BCUT2D eigenvalue weighted by Gasteiger charge is -2.21. The van der Waals surface area contributed by atoms with Crippen LogP contribution < -0.4 is 4.90 Å². The van der Waals surface area contributed by atoms with Crippen LogP contribution in [0.2, 0.25) is 0 Å². The zero-order chi connectivity index (χ0) is 16.4. The number of non-ortho nitro benzene ring substituents is 1. The van der Waals surface area contributed by atoms with E-state index in [1.807, 2.05) is 0 Å². The highest BCUT2D eigenvalue weighted by molar-refractivity contribution is 6.02. The Kier molecular flexibility index (Phi) is 2.65. The zero-order valence-electron chi connectivity index (χ0n) is 11.8. The molecule has 2 bridgehead atoms. The molecule has 3 aliphatic heterocycles. The normalized spacial score (nSPS) is 34.0. The number of ether oxygens (including phenoxy) is 1. The van der Waals surface area contributed by atoms with Gasteiger partial charge in [0.15, 0.2) is 0 Å². The van der Waals surface area contributed by atoms with Crippen molar-refractivity contribution in [3.05, 3.63) is 46.5 Å². The Morgan fingerprint density at radius 1 is 1.39 bits per heavy atom. The summed E-state index contributed by atoms with van der Waals surface area (Å²) in [6, 6.07) is 5.60. The Hall–Kier alpha value is -2.74. The van der Waals surface area contributed by atoms with Gasteiger partial charge in [0.2, 0.25) is 5.91 Å². The standard InChI is InChI=1S/C15H12N2O6/c18-13-12-11(14(19)20)10-5-6-15(12,23-10)7-16(13)8-1-3-9(4-2-8)17(21)22/h1-6,10-12H,7H2,(H,19,20)/t10-,11-,12+,15-/m1/s1. The lowest BCUT2D eigenvalue weighted by atomic mass is 9.77. The molecule has 0 aliphatic carbocycles. The summed E-state index contributed by atoms with van der Waals surface area (Å²) in [4.78, 5) is 35.8. The van der Waals surface area contributed by atoms with E-state index in [0.717, 1.165) is 0 Å². The second-order valence-electron chi connectivity index (χ2n) is 5.94. The quantitative estimate of drug-likeness (QED) is 0.505. The first-order valence-corrected chi connectivity index (χ1v) is 7.09. The largest absolute Gasteiger partial charge is 0.481 e. The average Bonchev–Trinajstić information content (AvgIpc) is 3.15. The van der Waals surface area contributed by atoms with Crippen LogP contribution in [0.4, 0.5) is 11.4 Å². The van der Waals surface area contributed by atoms with Crippen LogP contribution >= 0.6 is 0 Å². The van der Waals surface area contributed by atoms with Crippen molar-refractivity contribution in [1.29, 1.82) is 0 Å². The van der Waals surface area contributed by atoms with Crippen molar-refractivity contribution in [2.75, 3.05) is 11.4 Å². The summed E-state index contributed by atoms with van der Waals surface area (Å²) in [6.07, 6.45) is 2.90. The topological polar surface area (TPSA) is 110 Å². The van der Waals surface area contributed by atoms with Crippen molar-refractivity contribution in [2.24, 2.45) is 11.8 Å². The molecule has 2 saturated heterocycles. The van der Waals surface area contributed by atoms with Crippen molar-refractivity contribution in [3.8, 4) is 0 Å². The van der Waals surface area contributed by atoms with E-state index in [4.69, 9.17) is 4.74 Å². The number of amides is 1. The molecule has 0 aromatic heterocycles. The fraction of sp³-hybridized carbons (Fsp3) is 0.333. The van der Waals surface area contributed by atoms with Crippen LogP contribution in [0, 0.1) is 22.0 Å². The summed E-state index contributed by atoms with van der Waals surface area (Å²) < 4.78 is 5.78. The maximum absolute atomic E-state index is 12.7. The van der Waals surface area contributed by atoms with E-state index in [1.54, 1.807) is 12.2 Å². The number of carbonyl (C=O) groups is 2. The molecule has 0 saturated carbocycles. The van der Waals surface area contributed by atoms with Gasteiger partial charge >= 0.3 is 5.97 Å². The molecule has 1 N–H and O–H groups in total.